The number of carbonyl (C=O) groups excluding carboxylic acids is 1. The monoisotopic (exact) mass is 440 g/mol. The maximum Gasteiger partial charge on any atom is 0.421 e. The highest BCUT2D eigenvalue weighted by atomic mass is 16.5. The van der Waals surface area contributed by atoms with E-state index < -0.39 is 0 Å². The molecule has 33 heavy (non-hydrogen) atoms. The van der Waals surface area contributed by atoms with Crippen molar-refractivity contribution in [3.05, 3.63) is 101 Å². The van der Waals surface area contributed by atoms with E-state index in [0.717, 1.165) is 0 Å². The summed E-state index contributed by atoms with van der Waals surface area (Å²) in [6.07, 6.45) is 0. The molecule has 0 saturated carbocycles. The van der Waals surface area contributed by atoms with Crippen LogP contribution in [0.2, 0.25) is 0 Å². The highest BCUT2D eigenvalue weighted by Crippen LogP contribution is 2.29. The number of nitrogens with one attached hydrogen (secondary N) is 1. The summed E-state index contributed by atoms with van der Waals surface area (Å²) in [5.41, 5.74) is 3.48. The highest BCUT2D eigenvalue weighted by Gasteiger charge is 2.30. The molecule has 5 rings (SSSR count). The minimum atomic E-state index is -0.347. The molecule has 8 heteroatoms. The van der Waals surface area contributed by atoms with Crippen molar-refractivity contribution in [2.24, 2.45) is 0 Å². The largest absolute Gasteiger partial charge is 0.722 e. The fraction of sp³-hybridized carbons (Fsp3) is 0.200. The normalized spacial score (nSPS) is 14.5. The molecule has 0 radical (unpaired) electrons. The van der Waals surface area contributed by atoms with Gasteiger partial charge in [-0.25, -0.2) is 4.79 Å². The number of amides is 2. The molecule has 0 atom stereocenters. The third-order valence-corrected chi connectivity index (χ3v) is 5.90. The number of nitrogens with zero attached hydrogens (tertiary/aromatic N) is 5. The van der Waals surface area contributed by atoms with Crippen LogP contribution in [0.5, 0.6) is 0 Å². The molecule has 0 spiro atoms. The molecular weight excluding hydrogens is 416 g/mol. The fourth-order valence-corrected chi connectivity index (χ4v) is 4.26. The number of para-hydroxylation sites is 1. The van der Waals surface area contributed by atoms with Gasteiger partial charge in [0.25, 0.3) is 0 Å². The lowest BCUT2D eigenvalue weighted by Gasteiger charge is -2.39. The fourth-order valence-electron chi connectivity index (χ4n) is 4.26. The summed E-state index contributed by atoms with van der Waals surface area (Å²) in [5, 5.41) is 18.8. The highest BCUT2D eigenvalue weighted by molar-refractivity contribution is 5.87. The summed E-state index contributed by atoms with van der Waals surface area (Å²) < 4.78 is 0. The third kappa shape index (κ3) is 4.47. The van der Waals surface area contributed by atoms with Crippen molar-refractivity contribution in [3.8, 4) is 0 Å². The third-order valence-electron chi connectivity index (χ3n) is 5.90. The first-order valence-electron chi connectivity index (χ1n) is 11.0. The van der Waals surface area contributed by atoms with Crippen molar-refractivity contribution in [3.63, 3.8) is 0 Å². The average molecular weight is 441 g/mol. The van der Waals surface area contributed by atoms with Crippen molar-refractivity contribution in [1.82, 2.24) is 19.9 Å². The lowest BCUT2D eigenvalue weighted by atomic mass is 9.96. The number of aromatic nitrogens is 3. The second-order valence-corrected chi connectivity index (χ2v) is 7.97. The van der Waals surface area contributed by atoms with Gasteiger partial charge in [0.2, 0.25) is 0 Å². The number of carbonyl (C=O) groups is 1. The molecule has 3 aromatic carbocycles. The molecule has 4 aromatic rings. The summed E-state index contributed by atoms with van der Waals surface area (Å²) in [5.74, 6) is -0.118. The molecule has 1 aromatic heterocycles. The van der Waals surface area contributed by atoms with E-state index in [9.17, 15) is 10.0 Å². The maximum absolute atomic E-state index is 12.8. The van der Waals surface area contributed by atoms with Crippen LogP contribution in [-0.2, 0) is 0 Å². The Bertz CT molecular complexity index is 1200. The number of hydrogen-bond acceptors (Lipinski definition) is 5. The Kier molecular flexibility index (Phi) is 5.82. The van der Waals surface area contributed by atoms with Gasteiger partial charge < -0.3 is 10.1 Å². The van der Waals surface area contributed by atoms with Gasteiger partial charge >= 0.3 is 12.0 Å². The van der Waals surface area contributed by atoms with E-state index in [4.69, 9.17) is 0 Å². The van der Waals surface area contributed by atoms with Crippen LogP contribution in [0.25, 0.3) is 11.0 Å². The Balaban J connectivity index is 1.29. The first kappa shape index (κ1) is 20.8. The van der Waals surface area contributed by atoms with E-state index in [2.05, 4.69) is 68.8 Å². The van der Waals surface area contributed by atoms with Crippen LogP contribution in [0.4, 0.5) is 10.7 Å². The number of fused-ring (bicyclic) bond motifs is 1. The number of benzene rings is 3. The molecule has 1 saturated heterocycles. The number of anilines is 1. The van der Waals surface area contributed by atoms with E-state index in [1.807, 2.05) is 18.2 Å². The molecule has 1 aliphatic rings. The average Bonchev–Trinajstić information content (AvgIpc) is 2.86. The Morgan fingerprint density at radius 1 is 0.818 bits per heavy atom. The number of piperazine rings is 1. The summed E-state index contributed by atoms with van der Waals surface area (Å²) in [7, 11) is 0. The van der Waals surface area contributed by atoms with Crippen molar-refractivity contribution in [2.75, 3.05) is 31.5 Å². The van der Waals surface area contributed by atoms with Crippen molar-refractivity contribution in [2.45, 2.75) is 6.04 Å². The van der Waals surface area contributed by atoms with Crippen LogP contribution in [0.3, 0.4) is 0 Å². The van der Waals surface area contributed by atoms with E-state index in [-0.39, 0.29) is 18.0 Å². The molecule has 0 bridgehead atoms. The first-order chi connectivity index (χ1) is 16.2. The smallest absolute Gasteiger partial charge is 0.421 e. The molecule has 0 aliphatic carbocycles. The topological polar surface area (TPSA) is 88.3 Å². The van der Waals surface area contributed by atoms with Crippen molar-refractivity contribution >= 4 is 23.0 Å². The summed E-state index contributed by atoms with van der Waals surface area (Å²) >= 11 is 0. The van der Waals surface area contributed by atoms with Gasteiger partial charge in [-0.05, 0) is 23.3 Å². The van der Waals surface area contributed by atoms with Gasteiger partial charge in [-0.2, -0.15) is 5.32 Å². The van der Waals surface area contributed by atoms with Gasteiger partial charge in [-0.1, -0.05) is 77.8 Å². The van der Waals surface area contributed by atoms with Gasteiger partial charge in [-0.3, -0.25) is 4.90 Å². The van der Waals surface area contributed by atoms with E-state index >= 15 is 0 Å². The number of urea groups is 1. The predicted molar refractivity (Wildman–Crippen MR) is 125 cm³/mol. The van der Waals surface area contributed by atoms with Gasteiger partial charge in [0.05, 0.1) is 6.04 Å². The van der Waals surface area contributed by atoms with E-state index in [1.54, 1.807) is 23.1 Å². The molecule has 2 heterocycles. The summed E-state index contributed by atoms with van der Waals surface area (Å²) in [6.45, 7) is 2.51. The molecule has 2 amide bonds. The number of rotatable bonds is 4. The Morgan fingerprint density at radius 2 is 1.36 bits per heavy atom. The van der Waals surface area contributed by atoms with Gasteiger partial charge in [0.15, 0.2) is 5.52 Å². The molecule has 0 unspecified atom stereocenters. The van der Waals surface area contributed by atoms with Crippen LogP contribution in [-0.4, -0.2) is 52.1 Å². The van der Waals surface area contributed by atoms with Gasteiger partial charge in [0.1, 0.15) is 5.52 Å². The standard InChI is InChI=1S/C25H24N6O2/c32-25(27-24-26-21-13-7-8-14-22(21)28-31(24)33)30-17-15-29(16-18-30)23(19-9-3-1-4-10-19)20-11-5-2-6-12-20/h1-14,23H,15-18H2,(H,26,27,32). The van der Waals surface area contributed by atoms with Crippen LogP contribution >= 0.6 is 0 Å². The molecule has 1 fully saturated rings. The Hall–Kier alpha value is -4.04. The summed E-state index contributed by atoms with van der Waals surface area (Å²) in [6, 6.07) is 27.6. The van der Waals surface area contributed by atoms with Crippen molar-refractivity contribution in [1.29, 1.82) is 0 Å². The van der Waals surface area contributed by atoms with Crippen LogP contribution in [0.1, 0.15) is 17.2 Å². The lowest BCUT2D eigenvalue weighted by Crippen LogP contribution is -2.52. The second-order valence-electron chi connectivity index (χ2n) is 7.97. The lowest BCUT2D eigenvalue weighted by molar-refractivity contribution is -0.654. The Morgan fingerprint density at radius 3 is 1.97 bits per heavy atom. The first-order valence-corrected chi connectivity index (χ1v) is 11.0. The van der Waals surface area contributed by atoms with Crippen LogP contribution < -0.4 is 10.2 Å². The number of hydrogen-bond donors (Lipinski definition) is 1. The Labute approximate surface area is 191 Å². The van der Waals surface area contributed by atoms with E-state index in [0.29, 0.717) is 42.1 Å². The predicted octanol–water partition coefficient (Wildman–Crippen LogP) is 3.20. The summed E-state index contributed by atoms with van der Waals surface area (Å²) in [4.78, 5) is 21.6. The molecule has 1 aliphatic heterocycles. The van der Waals surface area contributed by atoms with E-state index in [1.165, 1.54) is 11.1 Å². The zero-order valence-corrected chi connectivity index (χ0v) is 18.0. The quantitative estimate of drug-likeness (QED) is 0.389. The second kappa shape index (κ2) is 9.22. The zero-order chi connectivity index (χ0) is 22.6. The van der Waals surface area contributed by atoms with Crippen LogP contribution in [0.15, 0.2) is 84.9 Å². The maximum atomic E-state index is 12.8. The minimum absolute atomic E-state index is 0.118. The molecule has 8 nitrogen and oxygen atoms in total. The van der Waals surface area contributed by atoms with Gasteiger partial charge in [-0.15, -0.1) is 9.94 Å². The minimum Gasteiger partial charge on any atom is -0.722 e. The molecule has 166 valence electrons. The SMILES string of the molecule is O=C(Nc1nc2ccccc2n[n+]1[O-])N1CCN(C(c2ccccc2)c2ccccc2)CC1. The van der Waals surface area contributed by atoms with Crippen molar-refractivity contribution < 1.29 is 9.64 Å². The van der Waals surface area contributed by atoms with Gasteiger partial charge in [0, 0.05) is 26.2 Å². The molecule has 1 N–H and O–H groups in total. The van der Waals surface area contributed by atoms with Crippen LogP contribution in [0, 0.1) is 5.21 Å². The molecular formula is C25H24N6O2. The zero-order valence-electron chi connectivity index (χ0n) is 18.0.